The Balaban J connectivity index is 1.36. The van der Waals surface area contributed by atoms with Gasteiger partial charge >= 0.3 is 0 Å². The average Bonchev–Trinajstić information content (AvgIpc) is 3.42. The quantitative estimate of drug-likeness (QED) is 0.558. The summed E-state index contributed by atoms with van der Waals surface area (Å²) in [5.41, 5.74) is 3.08. The first-order chi connectivity index (χ1) is 12.8. The van der Waals surface area contributed by atoms with E-state index in [1.807, 2.05) is 40.6 Å². The highest BCUT2D eigenvalue weighted by Crippen LogP contribution is 2.27. The van der Waals surface area contributed by atoms with Crippen LogP contribution in [0.2, 0.25) is 0 Å². The third-order valence-electron chi connectivity index (χ3n) is 4.82. The lowest BCUT2D eigenvalue weighted by atomic mass is 10.1. The lowest BCUT2D eigenvalue weighted by Gasteiger charge is -2.12. The molecule has 130 valence electrons. The molecule has 0 aliphatic carbocycles. The summed E-state index contributed by atoms with van der Waals surface area (Å²) in [6.45, 7) is 2.99. The predicted octanol–water partition coefficient (Wildman–Crippen LogP) is 3.24. The number of thiazole rings is 1. The average molecular weight is 362 g/mol. The molecule has 0 amide bonds. The predicted molar refractivity (Wildman–Crippen MR) is 101 cm³/mol. The summed E-state index contributed by atoms with van der Waals surface area (Å²) in [6, 6.07) is 8.11. The van der Waals surface area contributed by atoms with Crippen molar-refractivity contribution in [1.29, 1.82) is 0 Å². The van der Waals surface area contributed by atoms with Gasteiger partial charge in [0, 0.05) is 53.8 Å². The van der Waals surface area contributed by atoms with E-state index in [9.17, 15) is 0 Å². The molecular formula is C19H18N6S. The normalized spacial score (nSPS) is 17.9. The second-order valence-corrected chi connectivity index (χ2v) is 7.56. The second kappa shape index (κ2) is 6.59. The highest BCUT2D eigenvalue weighted by atomic mass is 32.1. The molecular weight excluding hydrogens is 344 g/mol. The molecule has 1 aliphatic heterocycles. The van der Waals surface area contributed by atoms with E-state index in [-0.39, 0.29) is 0 Å². The lowest BCUT2D eigenvalue weighted by molar-refractivity contribution is 0.325. The minimum atomic E-state index is 0.386. The number of hydrogen-bond donors (Lipinski definition) is 0. The zero-order valence-corrected chi connectivity index (χ0v) is 15.0. The van der Waals surface area contributed by atoms with E-state index < -0.39 is 0 Å². The van der Waals surface area contributed by atoms with Crippen LogP contribution in [0.4, 0.5) is 0 Å². The van der Waals surface area contributed by atoms with Gasteiger partial charge in [0.15, 0.2) is 11.5 Å². The van der Waals surface area contributed by atoms with Gasteiger partial charge in [-0.2, -0.15) is 5.10 Å². The van der Waals surface area contributed by atoms with Crippen molar-refractivity contribution in [2.75, 3.05) is 13.1 Å². The van der Waals surface area contributed by atoms with Crippen molar-refractivity contribution in [2.24, 2.45) is 0 Å². The highest BCUT2D eigenvalue weighted by molar-refractivity contribution is 7.09. The Morgan fingerprint density at radius 3 is 3.00 bits per heavy atom. The molecule has 1 saturated heterocycles. The van der Waals surface area contributed by atoms with E-state index in [0.717, 1.165) is 48.7 Å². The molecule has 7 heteroatoms. The molecule has 0 aromatic carbocycles. The number of rotatable bonds is 4. The number of aromatic nitrogens is 5. The molecule has 6 nitrogen and oxygen atoms in total. The Bertz CT molecular complexity index is 1010. The van der Waals surface area contributed by atoms with Crippen LogP contribution >= 0.6 is 11.3 Å². The van der Waals surface area contributed by atoms with Crippen LogP contribution in [0, 0.1) is 0 Å². The van der Waals surface area contributed by atoms with Gasteiger partial charge in [-0.25, -0.2) is 14.5 Å². The van der Waals surface area contributed by atoms with Crippen LogP contribution in [-0.4, -0.2) is 42.6 Å². The Hall–Kier alpha value is -2.64. The molecule has 5 rings (SSSR count). The van der Waals surface area contributed by atoms with Crippen LogP contribution in [-0.2, 0) is 6.54 Å². The van der Waals surface area contributed by atoms with Crippen molar-refractivity contribution in [3.63, 3.8) is 0 Å². The summed E-state index contributed by atoms with van der Waals surface area (Å²) < 4.78 is 1.89. The fourth-order valence-electron chi connectivity index (χ4n) is 3.49. The summed E-state index contributed by atoms with van der Waals surface area (Å²) in [7, 11) is 0. The summed E-state index contributed by atoms with van der Waals surface area (Å²) in [5, 5.41) is 7.97. The van der Waals surface area contributed by atoms with Gasteiger partial charge in [-0.05, 0) is 31.2 Å². The topological polar surface area (TPSA) is 59.2 Å². The number of hydrogen-bond acceptors (Lipinski definition) is 6. The maximum Gasteiger partial charge on any atom is 0.156 e. The van der Waals surface area contributed by atoms with Crippen molar-refractivity contribution in [3.8, 4) is 11.1 Å². The first kappa shape index (κ1) is 15.6. The largest absolute Gasteiger partial charge is 0.296 e. The standard InChI is InChI=1S/C19H18N6S/c1-2-14(10-20-6-1)15-3-4-17-22-19(23-25(17)12-15)16-5-8-24(11-16)13-18-21-7-9-26-18/h1-4,6-7,9-10,12,16H,5,8,11,13H2. The fraction of sp³-hybridized carbons (Fsp3) is 0.263. The molecule has 1 atom stereocenters. The molecule has 0 saturated carbocycles. The van der Waals surface area contributed by atoms with Crippen LogP contribution in [0.25, 0.3) is 16.8 Å². The molecule has 1 aliphatic rings. The van der Waals surface area contributed by atoms with E-state index in [0.29, 0.717) is 5.92 Å². The first-order valence-electron chi connectivity index (χ1n) is 8.72. The SMILES string of the molecule is c1cncc(-c2ccc3nc(C4CCN(Cc5nccs5)C4)nn3c2)c1. The zero-order valence-electron chi connectivity index (χ0n) is 14.2. The van der Waals surface area contributed by atoms with Crippen molar-refractivity contribution < 1.29 is 0 Å². The molecule has 5 heterocycles. The molecule has 0 spiro atoms. The van der Waals surface area contributed by atoms with Crippen molar-refractivity contribution >= 4 is 17.0 Å². The van der Waals surface area contributed by atoms with E-state index in [1.165, 1.54) is 5.01 Å². The van der Waals surface area contributed by atoms with Gasteiger partial charge in [-0.1, -0.05) is 6.07 Å². The summed E-state index contributed by atoms with van der Waals surface area (Å²) in [6.07, 6.45) is 8.65. The molecule has 4 aromatic rings. The third kappa shape index (κ3) is 3.00. The molecule has 1 fully saturated rings. The third-order valence-corrected chi connectivity index (χ3v) is 5.59. The summed E-state index contributed by atoms with van der Waals surface area (Å²) in [4.78, 5) is 15.8. The maximum atomic E-state index is 4.76. The molecule has 4 aromatic heterocycles. The van der Waals surface area contributed by atoms with Crippen molar-refractivity contribution in [1.82, 2.24) is 29.5 Å². The minimum absolute atomic E-state index is 0.386. The van der Waals surface area contributed by atoms with Gasteiger partial charge in [-0.3, -0.25) is 9.88 Å². The van der Waals surface area contributed by atoms with Crippen LogP contribution in [0.5, 0.6) is 0 Å². The number of fused-ring (bicyclic) bond motifs is 1. The lowest BCUT2D eigenvalue weighted by Crippen LogP contribution is -2.19. The van der Waals surface area contributed by atoms with Gasteiger partial charge in [0.05, 0.1) is 6.54 Å². The fourth-order valence-corrected chi connectivity index (χ4v) is 4.14. The Labute approximate surface area is 155 Å². The van der Waals surface area contributed by atoms with Crippen molar-refractivity contribution in [3.05, 3.63) is 65.3 Å². The molecule has 0 radical (unpaired) electrons. The van der Waals surface area contributed by atoms with Gasteiger partial charge in [0.25, 0.3) is 0 Å². The molecule has 1 unspecified atom stereocenters. The molecule has 0 bridgehead atoms. The number of nitrogens with zero attached hydrogens (tertiary/aromatic N) is 6. The van der Waals surface area contributed by atoms with Crippen LogP contribution in [0.1, 0.15) is 23.2 Å². The maximum absolute atomic E-state index is 4.76. The number of likely N-dealkylation sites (tertiary alicyclic amines) is 1. The van der Waals surface area contributed by atoms with Crippen LogP contribution in [0.3, 0.4) is 0 Å². The highest BCUT2D eigenvalue weighted by Gasteiger charge is 2.27. The Morgan fingerprint density at radius 1 is 1.15 bits per heavy atom. The van der Waals surface area contributed by atoms with Crippen molar-refractivity contribution in [2.45, 2.75) is 18.9 Å². The summed E-state index contributed by atoms with van der Waals surface area (Å²) >= 11 is 1.72. The van der Waals surface area contributed by atoms with E-state index in [2.05, 4.69) is 27.0 Å². The van der Waals surface area contributed by atoms with Crippen LogP contribution < -0.4 is 0 Å². The van der Waals surface area contributed by atoms with Gasteiger partial charge in [0.1, 0.15) is 5.01 Å². The smallest absolute Gasteiger partial charge is 0.156 e. The minimum Gasteiger partial charge on any atom is -0.296 e. The molecule has 0 N–H and O–H groups in total. The summed E-state index contributed by atoms with van der Waals surface area (Å²) in [5.74, 6) is 1.33. The zero-order chi connectivity index (χ0) is 17.3. The van der Waals surface area contributed by atoms with Crippen LogP contribution in [0.15, 0.2) is 54.4 Å². The molecule has 26 heavy (non-hydrogen) atoms. The van der Waals surface area contributed by atoms with Gasteiger partial charge < -0.3 is 0 Å². The monoisotopic (exact) mass is 362 g/mol. The Morgan fingerprint density at radius 2 is 2.15 bits per heavy atom. The Kier molecular flexibility index (Phi) is 3.95. The van der Waals surface area contributed by atoms with Gasteiger partial charge in [-0.15, -0.1) is 11.3 Å². The van der Waals surface area contributed by atoms with E-state index in [1.54, 1.807) is 17.5 Å². The first-order valence-corrected chi connectivity index (χ1v) is 9.60. The van der Waals surface area contributed by atoms with E-state index >= 15 is 0 Å². The van der Waals surface area contributed by atoms with Gasteiger partial charge in [0.2, 0.25) is 0 Å². The van der Waals surface area contributed by atoms with E-state index in [4.69, 9.17) is 10.1 Å². The number of pyridine rings is 2. The second-order valence-electron chi connectivity index (χ2n) is 6.58.